The molecule has 1 aromatic carbocycles. The second-order valence-electron chi connectivity index (χ2n) is 5.47. The van der Waals surface area contributed by atoms with Crippen molar-refractivity contribution in [1.82, 2.24) is 10.9 Å². The summed E-state index contributed by atoms with van der Waals surface area (Å²) in [7, 11) is -3.40. The molecule has 8 heteroatoms. The summed E-state index contributed by atoms with van der Waals surface area (Å²) in [6.45, 7) is 5.27. The molecule has 1 aromatic rings. The van der Waals surface area contributed by atoms with Gasteiger partial charge in [0, 0.05) is 23.4 Å². The highest BCUT2D eigenvalue weighted by atomic mass is 35.5. The highest BCUT2D eigenvalue weighted by Crippen LogP contribution is 2.23. The minimum Gasteiger partial charge on any atom is -0.443 e. The fourth-order valence-electron chi connectivity index (χ4n) is 1.57. The Hall–Kier alpha value is -1.31. The second-order valence-corrected chi connectivity index (χ2v) is 7.86. The summed E-state index contributed by atoms with van der Waals surface area (Å²) >= 11 is 6.01. The number of nitrogens with one attached hydrogen (secondary N) is 2. The zero-order valence-electron chi connectivity index (χ0n) is 12.4. The molecular weight excluding hydrogens is 316 g/mol. The first-order chi connectivity index (χ1) is 9.50. The van der Waals surface area contributed by atoms with E-state index < -0.39 is 21.5 Å². The smallest absolute Gasteiger partial charge is 0.422 e. The number of hydrazine groups is 1. The molecule has 0 aromatic heterocycles. The normalized spacial score (nSPS) is 12.0. The molecule has 0 saturated heterocycles. The number of ether oxygens (including phenoxy) is 1. The summed E-state index contributed by atoms with van der Waals surface area (Å²) in [5, 5.41) is 0.302. The maximum absolute atomic E-state index is 11.7. The zero-order valence-corrected chi connectivity index (χ0v) is 13.9. The molecule has 0 heterocycles. The Balaban J connectivity index is 2.75. The highest BCUT2D eigenvalue weighted by Gasteiger charge is 2.18. The molecule has 0 fully saturated rings. The van der Waals surface area contributed by atoms with E-state index >= 15 is 0 Å². The molecule has 2 N–H and O–H groups in total. The number of hydrogen-bond acceptors (Lipinski definition) is 5. The maximum atomic E-state index is 11.7. The van der Waals surface area contributed by atoms with Crippen molar-refractivity contribution >= 4 is 27.5 Å². The van der Waals surface area contributed by atoms with Gasteiger partial charge >= 0.3 is 6.09 Å². The number of amides is 1. The van der Waals surface area contributed by atoms with Crippen LogP contribution in [0.25, 0.3) is 0 Å². The van der Waals surface area contributed by atoms with Gasteiger partial charge in [-0.1, -0.05) is 17.7 Å². The van der Waals surface area contributed by atoms with E-state index in [1.54, 1.807) is 32.9 Å². The first kappa shape index (κ1) is 17.7. The summed E-state index contributed by atoms with van der Waals surface area (Å²) in [5.41, 5.74) is 4.70. The number of carbonyl (C=O) groups is 1. The van der Waals surface area contributed by atoms with Crippen LogP contribution in [0.3, 0.4) is 0 Å². The van der Waals surface area contributed by atoms with Gasteiger partial charge < -0.3 is 4.74 Å². The SMILES string of the molecule is CC(C)(C)OC(=O)NNCc1c(Cl)cccc1S(C)(=O)=O. The Labute approximate surface area is 129 Å². The third-order valence-corrected chi connectivity index (χ3v) is 3.87. The molecule has 118 valence electrons. The van der Waals surface area contributed by atoms with E-state index in [1.165, 1.54) is 6.07 Å². The average Bonchev–Trinajstić information content (AvgIpc) is 2.27. The first-order valence-electron chi connectivity index (χ1n) is 6.20. The fourth-order valence-corrected chi connectivity index (χ4v) is 2.82. The standard InChI is InChI=1S/C13H19ClN2O4S/c1-13(2,3)20-12(17)16-15-8-9-10(14)6-5-7-11(9)21(4,18)19/h5-7,15H,8H2,1-4H3,(H,16,17). The van der Waals surface area contributed by atoms with Crippen LogP contribution in [0, 0.1) is 0 Å². The summed E-state index contributed by atoms with van der Waals surface area (Å²) < 4.78 is 28.4. The van der Waals surface area contributed by atoms with Crippen molar-refractivity contribution in [3.05, 3.63) is 28.8 Å². The number of rotatable bonds is 4. The van der Waals surface area contributed by atoms with E-state index in [1.807, 2.05) is 0 Å². The van der Waals surface area contributed by atoms with Crippen molar-refractivity contribution in [2.45, 2.75) is 37.8 Å². The van der Waals surface area contributed by atoms with Gasteiger partial charge in [0.1, 0.15) is 5.60 Å². The third-order valence-electron chi connectivity index (χ3n) is 2.33. The van der Waals surface area contributed by atoms with Gasteiger partial charge in [-0.2, -0.15) is 0 Å². The number of carbonyl (C=O) groups excluding carboxylic acids is 1. The van der Waals surface area contributed by atoms with E-state index in [2.05, 4.69) is 10.9 Å². The molecule has 0 aliphatic carbocycles. The first-order valence-corrected chi connectivity index (χ1v) is 8.47. The molecule has 0 unspecified atom stereocenters. The molecule has 0 radical (unpaired) electrons. The van der Waals surface area contributed by atoms with Gasteiger partial charge in [-0.05, 0) is 32.9 Å². The summed E-state index contributed by atoms with van der Waals surface area (Å²) in [6.07, 6.45) is 0.444. The van der Waals surface area contributed by atoms with Gasteiger partial charge in [-0.15, -0.1) is 0 Å². The van der Waals surface area contributed by atoms with Crippen molar-refractivity contribution in [2.24, 2.45) is 0 Å². The van der Waals surface area contributed by atoms with E-state index in [9.17, 15) is 13.2 Å². The molecule has 6 nitrogen and oxygen atoms in total. The Bertz CT molecular complexity index is 624. The lowest BCUT2D eigenvalue weighted by atomic mass is 10.2. The van der Waals surface area contributed by atoms with Crippen LogP contribution in [0.2, 0.25) is 5.02 Å². The van der Waals surface area contributed by atoms with Gasteiger partial charge in [0.25, 0.3) is 0 Å². The molecule has 0 aliphatic heterocycles. The lowest BCUT2D eigenvalue weighted by Gasteiger charge is -2.20. The van der Waals surface area contributed by atoms with Crippen molar-refractivity contribution in [2.75, 3.05) is 6.26 Å². The summed E-state index contributed by atoms with van der Waals surface area (Å²) in [5.74, 6) is 0. The molecule has 0 saturated carbocycles. The third kappa shape index (κ3) is 5.91. The highest BCUT2D eigenvalue weighted by molar-refractivity contribution is 7.90. The molecule has 0 spiro atoms. The van der Waals surface area contributed by atoms with Crippen molar-refractivity contribution in [1.29, 1.82) is 0 Å². The summed E-state index contributed by atoms with van der Waals surface area (Å²) in [4.78, 5) is 11.6. The second kappa shape index (κ2) is 6.64. The van der Waals surface area contributed by atoms with Crippen LogP contribution in [-0.2, 0) is 21.1 Å². The molecule has 1 amide bonds. The number of halogens is 1. The predicted octanol–water partition coefficient (Wildman–Crippen LogP) is 2.27. The lowest BCUT2D eigenvalue weighted by Crippen LogP contribution is -2.41. The largest absolute Gasteiger partial charge is 0.443 e. The van der Waals surface area contributed by atoms with Crippen LogP contribution in [0.4, 0.5) is 4.79 Å². The van der Waals surface area contributed by atoms with Crippen LogP contribution >= 0.6 is 11.6 Å². The maximum Gasteiger partial charge on any atom is 0.422 e. The molecule has 1 rings (SSSR count). The zero-order chi connectivity index (χ0) is 16.3. The minimum atomic E-state index is -3.40. The van der Waals surface area contributed by atoms with Crippen LogP contribution in [0.1, 0.15) is 26.3 Å². The van der Waals surface area contributed by atoms with Gasteiger partial charge in [0.05, 0.1) is 4.90 Å². The minimum absolute atomic E-state index is 0.0569. The lowest BCUT2D eigenvalue weighted by molar-refractivity contribution is 0.0497. The van der Waals surface area contributed by atoms with Crippen molar-refractivity contribution in [3.8, 4) is 0 Å². The Morgan fingerprint density at radius 2 is 1.95 bits per heavy atom. The van der Waals surface area contributed by atoms with E-state index in [4.69, 9.17) is 16.3 Å². The van der Waals surface area contributed by atoms with Crippen molar-refractivity contribution < 1.29 is 17.9 Å². The number of sulfone groups is 1. The molecule has 0 aliphatic rings. The predicted molar refractivity (Wildman–Crippen MR) is 80.8 cm³/mol. The summed E-state index contributed by atoms with van der Waals surface area (Å²) in [6, 6.07) is 4.61. The van der Waals surface area contributed by atoms with E-state index in [0.717, 1.165) is 6.26 Å². The quantitative estimate of drug-likeness (QED) is 0.825. The number of hydrogen-bond donors (Lipinski definition) is 2. The van der Waals surface area contributed by atoms with Crippen molar-refractivity contribution in [3.63, 3.8) is 0 Å². The van der Waals surface area contributed by atoms with Crippen LogP contribution in [-0.4, -0.2) is 26.4 Å². The molecule has 21 heavy (non-hydrogen) atoms. The molecule has 0 atom stereocenters. The van der Waals surface area contributed by atoms with Gasteiger partial charge in [0.15, 0.2) is 9.84 Å². The monoisotopic (exact) mass is 334 g/mol. The van der Waals surface area contributed by atoms with E-state index in [0.29, 0.717) is 10.6 Å². The topological polar surface area (TPSA) is 84.5 Å². The Morgan fingerprint density at radius 3 is 2.48 bits per heavy atom. The Kier molecular flexibility index (Phi) is 5.61. The van der Waals surface area contributed by atoms with Crippen LogP contribution in [0.5, 0.6) is 0 Å². The van der Waals surface area contributed by atoms with Gasteiger partial charge in [-0.25, -0.2) is 18.6 Å². The van der Waals surface area contributed by atoms with Crippen LogP contribution in [0.15, 0.2) is 23.1 Å². The fraction of sp³-hybridized carbons (Fsp3) is 0.462. The molecule has 0 bridgehead atoms. The van der Waals surface area contributed by atoms with Gasteiger partial charge in [-0.3, -0.25) is 5.43 Å². The Morgan fingerprint density at radius 1 is 1.33 bits per heavy atom. The van der Waals surface area contributed by atoms with E-state index in [-0.39, 0.29) is 11.4 Å². The molecular formula is C13H19ClN2O4S. The van der Waals surface area contributed by atoms with Gasteiger partial charge in [0.2, 0.25) is 0 Å². The average molecular weight is 335 g/mol. The number of benzene rings is 1. The van der Waals surface area contributed by atoms with Crippen LogP contribution < -0.4 is 10.9 Å².